The van der Waals surface area contributed by atoms with Gasteiger partial charge in [-0.2, -0.15) is 5.10 Å². The second kappa shape index (κ2) is 7.71. The van der Waals surface area contributed by atoms with Crippen LogP contribution in [0.5, 0.6) is 0 Å². The van der Waals surface area contributed by atoms with Crippen LogP contribution in [-0.2, 0) is 19.4 Å². The van der Waals surface area contributed by atoms with E-state index in [0.717, 1.165) is 49.3 Å². The molecule has 3 N–H and O–H groups in total. The summed E-state index contributed by atoms with van der Waals surface area (Å²) >= 11 is 0. The summed E-state index contributed by atoms with van der Waals surface area (Å²) in [5.41, 5.74) is 9.44. The van der Waals surface area contributed by atoms with Crippen molar-refractivity contribution in [1.29, 1.82) is 0 Å². The maximum atomic E-state index is 9.72. The summed E-state index contributed by atoms with van der Waals surface area (Å²) in [5.74, 6) is 0.896. The topological polar surface area (TPSA) is 75.3 Å². The molecule has 0 radical (unpaired) electrons. The highest BCUT2D eigenvalue weighted by atomic mass is 16.3. The molecule has 0 aliphatic carbocycles. The fourth-order valence-corrected chi connectivity index (χ4v) is 3.33. The van der Waals surface area contributed by atoms with Crippen LogP contribution in [0.4, 0.5) is 5.82 Å². The van der Waals surface area contributed by atoms with Gasteiger partial charge >= 0.3 is 0 Å². The fourth-order valence-electron chi connectivity index (χ4n) is 3.33. The Labute approximate surface area is 127 Å². The zero-order valence-corrected chi connectivity index (χ0v) is 13.3. The molecule has 1 aromatic heterocycles. The van der Waals surface area contributed by atoms with Gasteiger partial charge in [0.05, 0.1) is 18.3 Å². The van der Waals surface area contributed by atoms with Gasteiger partial charge in [-0.05, 0) is 31.2 Å². The number of aliphatic hydroxyl groups excluding tert-OH is 1. The van der Waals surface area contributed by atoms with E-state index in [9.17, 15) is 5.11 Å². The average Bonchev–Trinajstić information content (AvgIpc) is 2.78. The predicted molar refractivity (Wildman–Crippen MR) is 85.4 cm³/mol. The summed E-state index contributed by atoms with van der Waals surface area (Å²) in [6, 6.07) is 0.143. The number of rotatable bonds is 5. The first-order chi connectivity index (χ1) is 10.3. The molecule has 21 heavy (non-hydrogen) atoms. The van der Waals surface area contributed by atoms with Crippen molar-refractivity contribution in [3.63, 3.8) is 0 Å². The molecule has 2 rings (SSSR count). The zero-order valence-electron chi connectivity index (χ0n) is 13.3. The number of hydrogen-bond donors (Lipinski definition) is 2. The van der Waals surface area contributed by atoms with Gasteiger partial charge in [0.25, 0.3) is 0 Å². The van der Waals surface area contributed by atoms with Crippen LogP contribution < -0.4 is 10.6 Å². The minimum atomic E-state index is 0.143. The minimum absolute atomic E-state index is 0.143. The van der Waals surface area contributed by atoms with E-state index in [2.05, 4.69) is 28.9 Å². The summed E-state index contributed by atoms with van der Waals surface area (Å²) in [7, 11) is 0. The van der Waals surface area contributed by atoms with Crippen molar-refractivity contribution in [2.45, 2.75) is 65.0 Å². The molecular weight excluding hydrogens is 264 g/mol. The first-order valence-corrected chi connectivity index (χ1v) is 8.21. The van der Waals surface area contributed by atoms with E-state index in [4.69, 9.17) is 5.73 Å². The van der Waals surface area contributed by atoms with Gasteiger partial charge in [-0.25, -0.2) is 0 Å². The molecule has 0 aromatic carbocycles. The third kappa shape index (κ3) is 3.35. The molecule has 0 bridgehead atoms. The monoisotopic (exact) mass is 292 g/mol. The third-order valence-electron chi connectivity index (χ3n) is 4.50. The molecule has 5 nitrogen and oxygen atoms in total. The van der Waals surface area contributed by atoms with Gasteiger partial charge in [0, 0.05) is 18.7 Å². The number of aromatic nitrogens is 2. The maximum Gasteiger partial charge on any atom is 0.156 e. The van der Waals surface area contributed by atoms with Gasteiger partial charge in [-0.1, -0.05) is 26.7 Å². The largest absolute Gasteiger partial charge is 0.394 e. The first kappa shape index (κ1) is 16.2. The molecule has 1 fully saturated rings. The normalized spacial score (nSPS) is 19.6. The van der Waals surface area contributed by atoms with Gasteiger partial charge < -0.3 is 15.7 Å². The van der Waals surface area contributed by atoms with Crippen LogP contribution in [0.1, 0.15) is 56.4 Å². The smallest absolute Gasteiger partial charge is 0.156 e. The zero-order chi connectivity index (χ0) is 15.2. The Morgan fingerprint density at radius 2 is 1.95 bits per heavy atom. The lowest BCUT2D eigenvalue weighted by molar-refractivity contribution is 0.254. The van der Waals surface area contributed by atoms with E-state index < -0.39 is 0 Å². The molecule has 0 spiro atoms. The highest BCUT2D eigenvalue weighted by molar-refractivity contribution is 5.52. The summed E-state index contributed by atoms with van der Waals surface area (Å²) in [4.78, 5) is 2.24. The second-order valence-corrected chi connectivity index (χ2v) is 5.72. The molecule has 1 aliphatic heterocycles. The molecule has 0 saturated carbocycles. The standard InChI is InChI=1S/C16H28N4O/c1-3-13-14(10-17)16(19-18-15(13)4-2)20-9-7-5-6-8-12(20)11-21/h12,21H,3-11,17H2,1-2H3. The summed E-state index contributed by atoms with van der Waals surface area (Å²) in [5, 5.41) is 18.6. The van der Waals surface area contributed by atoms with E-state index in [1.54, 1.807) is 0 Å². The Morgan fingerprint density at radius 3 is 2.57 bits per heavy atom. The van der Waals surface area contributed by atoms with Crippen LogP contribution in [-0.4, -0.2) is 34.5 Å². The molecule has 1 aromatic rings. The lowest BCUT2D eigenvalue weighted by Gasteiger charge is -2.31. The summed E-state index contributed by atoms with van der Waals surface area (Å²) in [6.07, 6.45) is 6.34. The molecule has 0 amide bonds. The Kier molecular flexibility index (Phi) is 5.94. The van der Waals surface area contributed by atoms with Crippen LogP contribution in [0.25, 0.3) is 0 Å². The van der Waals surface area contributed by atoms with Gasteiger partial charge in [-0.15, -0.1) is 5.10 Å². The number of hydrogen-bond acceptors (Lipinski definition) is 5. The van der Waals surface area contributed by atoms with E-state index in [1.807, 2.05) is 0 Å². The molecule has 118 valence electrons. The number of anilines is 1. The van der Waals surface area contributed by atoms with Gasteiger partial charge in [0.2, 0.25) is 0 Å². The van der Waals surface area contributed by atoms with Crippen LogP contribution in [0.2, 0.25) is 0 Å². The lowest BCUT2D eigenvalue weighted by Crippen LogP contribution is -2.39. The molecule has 1 atom stereocenters. The molecule has 1 aliphatic rings. The molecule has 5 heteroatoms. The maximum absolute atomic E-state index is 9.72. The highest BCUT2D eigenvalue weighted by Gasteiger charge is 2.25. The van der Waals surface area contributed by atoms with E-state index >= 15 is 0 Å². The van der Waals surface area contributed by atoms with E-state index in [1.165, 1.54) is 18.4 Å². The minimum Gasteiger partial charge on any atom is -0.394 e. The summed E-state index contributed by atoms with van der Waals surface area (Å²) < 4.78 is 0. The SMILES string of the molecule is CCc1nnc(N2CCCCCC2CO)c(CN)c1CC. The van der Waals surface area contributed by atoms with Gasteiger partial charge in [-0.3, -0.25) is 0 Å². The summed E-state index contributed by atoms with van der Waals surface area (Å²) in [6.45, 7) is 5.83. The van der Waals surface area contributed by atoms with Gasteiger partial charge in [0.1, 0.15) is 0 Å². The van der Waals surface area contributed by atoms with Crippen LogP contribution in [0, 0.1) is 0 Å². The van der Waals surface area contributed by atoms with Crippen molar-refractivity contribution < 1.29 is 5.11 Å². The number of aryl methyl sites for hydroxylation is 1. The number of nitrogens with two attached hydrogens (primary N) is 1. The van der Waals surface area contributed by atoms with Crippen LogP contribution in [0.3, 0.4) is 0 Å². The Morgan fingerprint density at radius 1 is 1.14 bits per heavy atom. The van der Waals surface area contributed by atoms with Crippen molar-refractivity contribution in [3.8, 4) is 0 Å². The number of aliphatic hydroxyl groups is 1. The quantitative estimate of drug-likeness (QED) is 0.865. The molecule has 1 saturated heterocycles. The molecule has 2 heterocycles. The lowest BCUT2D eigenvalue weighted by atomic mass is 10.0. The second-order valence-electron chi connectivity index (χ2n) is 5.72. The van der Waals surface area contributed by atoms with Crippen LogP contribution >= 0.6 is 0 Å². The molecular formula is C16H28N4O. The number of nitrogens with zero attached hydrogens (tertiary/aromatic N) is 3. The van der Waals surface area contributed by atoms with E-state index in [0.29, 0.717) is 6.54 Å². The van der Waals surface area contributed by atoms with Crippen molar-refractivity contribution in [2.75, 3.05) is 18.1 Å². The molecule has 1 unspecified atom stereocenters. The first-order valence-electron chi connectivity index (χ1n) is 8.21. The van der Waals surface area contributed by atoms with Crippen LogP contribution in [0.15, 0.2) is 0 Å². The van der Waals surface area contributed by atoms with Crippen molar-refractivity contribution >= 4 is 5.82 Å². The Hall–Kier alpha value is -1.20. The van der Waals surface area contributed by atoms with Gasteiger partial charge in [0.15, 0.2) is 5.82 Å². The fraction of sp³-hybridized carbons (Fsp3) is 0.750. The Bertz CT molecular complexity index is 464. The van der Waals surface area contributed by atoms with Crippen molar-refractivity contribution in [3.05, 3.63) is 16.8 Å². The van der Waals surface area contributed by atoms with E-state index in [-0.39, 0.29) is 12.6 Å². The van der Waals surface area contributed by atoms with Crippen molar-refractivity contribution in [2.24, 2.45) is 5.73 Å². The average molecular weight is 292 g/mol. The highest BCUT2D eigenvalue weighted by Crippen LogP contribution is 2.28. The third-order valence-corrected chi connectivity index (χ3v) is 4.50. The Balaban J connectivity index is 2.45. The predicted octanol–water partition coefficient (Wildman–Crippen LogP) is 1.80. The van der Waals surface area contributed by atoms with Crippen molar-refractivity contribution in [1.82, 2.24) is 10.2 Å².